The summed E-state index contributed by atoms with van der Waals surface area (Å²) in [5, 5.41) is 0. The van der Waals surface area contributed by atoms with E-state index in [4.69, 9.17) is 14.2 Å². The van der Waals surface area contributed by atoms with Crippen molar-refractivity contribution in [1.82, 2.24) is 0 Å². The van der Waals surface area contributed by atoms with E-state index in [0.29, 0.717) is 24.9 Å². The average Bonchev–Trinajstić information content (AvgIpc) is 2.79. The van der Waals surface area contributed by atoms with E-state index in [9.17, 15) is 0 Å². The van der Waals surface area contributed by atoms with Crippen molar-refractivity contribution in [3.05, 3.63) is 11.6 Å². The van der Waals surface area contributed by atoms with Crippen LogP contribution in [0.3, 0.4) is 0 Å². The van der Waals surface area contributed by atoms with E-state index in [1.807, 2.05) is 0 Å². The van der Waals surface area contributed by atoms with Crippen molar-refractivity contribution < 1.29 is 14.2 Å². The molecule has 0 radical (unpaired) electrons. The van der Waals surface area contributed by atoms with Crippen molar-refractivity contribution in [3.8, 4) is 0 Å². The van der Waals surface area contributed by atoms with Crippen molar-refractivity contribution in [2.45, 2.75) is 38.7 Å². The fraction of sp³-hybridized carbons (Fsp3) is 0.857. The molecule has 0 aromatic rings. The molecule has 2 fully saturated rings. The highest BCUT2D eigenvalue weighted by Crippen LogP contribution is 2.66. The first-order valence-electron chi connectivity index (χ1n) is 6.61. The second kappa shape index (κ2) is 4.08. The largest absolute Gasteiger partial charge is 0.377 e. The van der Waals surface area contributed by atoms with E-state index in [2.05, 4.69) is 13.0 Å². The summed E-state index contributed by atoms with van der Waals surface area (Å²) in [5.74, 6) is 0. The Hall–Kier alpha value is -0.380. The van der Waals surface area contributed by atoms with Gasteiger partial charge in [0.1, 0.15) is 6.79 Å². The third kappa shape index (κ3) is 1.46. The predicted molar refractivity (Wildman–Crippen MR) is 64.7 cm³/mol. The number of methoxy groups -OCH3 is 1. The van der Waals surface area contributed by atoms with E-state index in [1.54, 1.807) is 7.11 Å². The Morgan fingerprint density at radius 3 is 3.06 bits per heavy atom. The molecule has 0 N–H and O–H groups in total. The van der Waals surface area contributed by atoms with Crippen molar-refractivity contribution >= 4 is 0 Å². The van der Waals surface area contributed by atoms with Crippen LogP contribution in [0.2, 0.25) is 0 Å². The molecule has 3 atom stereocenters. The van der Waals surface area contributed by atoms with Gasteiger partial charge in [0.05, 0.1) is 19.3 Å². The van der Waals surface area contributed by atoms with Crippen LogP contribution in [-0.4, -0.2) is 33.2 Å². The predicted octanol–water partition coefficient (Wildman–Crippen LogP) is 2.51. The lowest BCUT2D eigenvalue weighted by Crippen LogP contribution is -2.41. The van der Waals surface area contributed by atoms with Gasteiger partial charge in [-0.3, -0.25) is 0 Å². The minimum atomic E-state index is 0.268. The second-order valence-corrected chi connectivity index (χ2v) is 5.86. The van der Waals surface area contributed by atoms with Crippen LogP contribution in [-0.2, 0) is 14.2 Å². The van der Waals surface area contributed by atoms with Crippen molar-refractivity contribution in [2.75, 3.05) is 27.1 Å². The van der Waals surface area contributed by atoms with E-state index in [-0.39, 0.29) is 5.41 Å². The molecule has 3 heteroatoms. The van der Waals surface area contributed by atoms with Crippen LogP contribution >= 0.6 is 0 Å². The Morgan fingerprint density at radius 1 is 1.47 bits per heavy atom. The van der Waals surface area contributed by atoms with Gasteiger partial charge in [0, 0.05) is 17.9 Å². The molecule has 1 saturated heterocycles. The van der Waals surface area contributed by atoms with Crippen LogP contribution in [0.25, 0.3) is 0 Å². The van der Waals surface area contributed by atoms with Crippen molar-refractivity contribution in [2.24, 2.45) is 10.8 Å². The summed E-state index contributed by atoms with van der Waals surface area (Å²) in [6.07, 6.45) is 7.80. The highest BCUT2D eigenvalue weighted by atomic mass is 16.7. The molecule has 17 heavy (non-hydrogen) atoms. The van der Waals surface area contributed by atoms with Crippen LogP contribution in [0.15, 0.2) is 11.6 Å². The van der Waals surface area contributed by atoms with Crippen molar-refractivity contribution in [1.29, 1.82) is 0 Å². The van der Waals surface area contributed by atoms with E-state index in [1.165, 1.54) is 31.3 Å². The molecule has 3 aliphatic rings. The van der Waals surface area contributed by atoms with Crippen LogP contribution in [0.4, 0.5) is 0 Å². The van der Waals surface area contributed by atoms with Gasteiger partial charge in [0.2, 0.25) is 0 Å². The standard InChI is InChI=1S/C14H22O3/c1-13-6-3-4-11(8-16-10-15-2)14(13)7-5-12(13)17-9-14/h4,12H,3,5-10H2,1-2H3/t12-,13-,14-/m1/s1. The average molecular weight is 238 g/mol. The summed E-state index contributed by atoms with van der Waals surface area (Å²) >= 11 is 0. The van der Waals surface area contributed by atoms with Crippen LogP contribution in [0.5, 0.6) is 0 Å². The number of hydrogen-bond donors (Lipinski definition) is 0. The molecule has 3 nitrogen and oxygen atoms in total. The highest BCUT2D eigenvalue weighted by molar-refractivity contribution is 5.30. The first-order chi connectivity index (χ1) is 8.23. The Kier molecular flexibility index (Phi) is 2.80. The number of ether oxygens (including phenoxy) is 3. The van der Waals surface area contributed by atoms with Gasteiger partial charge in [-0.25, -0.2) is 0 Å². The Labute approximate surface area is 103 Å². The molecule has 1 heterocycles. The van der Waals surface area contributed by atoms with Gasteiger partial charge in [0.15, 0.2) is 0 Å². The van der Waals surface area contributed by atoms with Crippen molar-refractivity contribution in [3.63, 3.8) is 0 Å². The number of hydrogen-bond acceptors (Lipinski definition) is 3. The topological polar surface area (TPSA) is 27.7 Å². The summed E-state index contributed by atoms with van der Waals surface area (Å²) in [6.45, 7) is 4.41. The molecule has 3 rings (SSSR count). The van der Waals surface area contributed by atoms with Gasteiger partial charge in [-0.15, -0.1) is 0 Å². The molecule has 0 amide bonds. The molecule has 2 bridgehead atoms. The lowest BCUT2D eigenvalue weighted by molar-refractivity contribution is -0.0302. The summed E-state index contributed by atoms with van der Waals surface area (Å²) < 4.78 is 16.5. The zero-order valence-corrected chi connectivity index (χ0v) is 10.8. The second-order valence-electron chi connectivity index (χ2n) is 5.86. The van der Waals surface area contributed by atoms with Crippen LogP contribution in [0.1, 0.15) is 32.6 Å². The van der Waals surface area contributed by atoms with Crippen LogP contribution in [0, 0.1) is 10.8 Å². The number of rotatable bonds is 4. The van der Waals surface area contributed by atoms with Gasteiger partial charge in [-0.1, -0.05) is 13.0 Å². The smallest absolute Gasteiger partial charge is 0.146 e. The van der Waals surface area contributed by atoms with Gasteiger partial charge < -0.3 is 14.2 Å². The van der Waals surface area contributed by atoms with Gasteiger partial charge in [-0.2, -0.15) is 0 Å². The minimum Gasteiger partial charge on any atom is -0.377 e. The third-order valence-electron chi connectivity index (χ3n) is 5.30. The molecular weight excluding hydrogens is 216 g/mol. The first-order valence-corrected chi connectivity index (χ1v) is 6.61. The maximum atomic E-state index is 6.00. The highest BCUT2D eigenvalue weighted by Gasteiger charge is 2.64. The maximum absolute atomic E-state index is 6.00. The molecule has 1 saturated carbocycles. The minimum absolute atomic E-state index is 0.268. The number of allylic oxidation sites excluding steroid dienone is 1. The Morgan fingerprint density at radius 2 is 2.35 bits per heavy atom. The lowest BCUT2D eigenvalue weighted by Gasteiger charge is -2.43. The van der Waals surface area contributed by atoms with Crippen LogP contribution < -0.4 is 0 Å². The van der Waals surface area contributed by atoms with E-state index in [0.717, 1.165) is 6.61 Å². The summed E-state index contributed by atoms with van der Waals surface area (Å²) in [4.78, 5) is 0. The van der Waals surface area contributed by atoms with Gasteiger partial charge in [-0.05, 0) is 31.3 Å². The zero-order valence-electron chi connectivity index (χ0n) is 10.8. The SMILES string of the molecule is COCOCC1=CCC[C@]2(C)[C@H]3CC[C@@]12CO3. The Balaban J connectivity index is 1.82. The Bertz CT molecular complexity index is 328. The third-order valence-corrected chi connectivity index (χ3v) is 5.30. The zero-order chi connectivity index (χ0) is 11.9. The molecular formula is C14H22O3. The molecule has 96 valence electrons. The molecule has 0 unspecified atom stereocenters. The molecule has 2 aliphatic carbocycles. The van der Waals surface area contributed by atoms with E-state index >= 15 is 0 Å². The lowest BCUT2D eigenvalue weighted by atomic mass is 9.59. The first kappa shape index (κ1) is 11.7. The summed E-state index contributed by atoms with van der Waals surface area (Å²) in [7, 11) is 1.67. The monoisotopic (exact) mass is 238 g/mol. The van der Waals surface area contributed by atoms with Gasteiger partial charge in [0.25, 0.3) is 0 Å². The summed E-state index contributed by atoms with van der Waals surface area (Å²) in [6, 6.07) is 0. The summed E-state index contributed by atoms with van der Waals surface area (Å²) in [5.41, 5.74) is 2.08. The molecule has 0 aromatic carbocycles. The fourth-order valence-corrected chi connectivity index (χ4v) is 4.23. The molecule has 1 aliphatic heterocycles. The molecule has 0 spiro atoms. The maximum Gasteiger partial charge on any atom is 0.146 e. The normalized spacial score (nSPS) is 43.6. The van der Waals surface area contributed by atoms with E-state index < -0.39 is 0 Å². The molecule has 0 aromatic heterocycles. The van der Waals surface area contributed by atoms with Gasteiger partial charge >= 0.3 is 0 Å². The fourth-order valence-electron chi connectivity index (χ4n) is 4.23. The quantitative estimate of drug-likeness (QED) is 0.428.